The summed E-state index contributed by atoms with van der Waals surface area (Å²) in [5, 5.41) is 3.81. The number of benzene rings is 1. The molecule has 0 aliphatic rings. The predicted molar refractivity (Wildman–Crippen MR) is 89.9 cm³/mol. The highest BCUT2D eigenvalue weighted by Crippen LogP contribution is 2.38. The molecule has 0 aliphatic carbocycles. The number of aromatic nitrogens is 3. The van der Waals surface area contributed by atoms with Gasteiger partial charge in [0.1, 0.15) is 10.9 Å². The van der Waals surface area contributed by atoms with Gasteiger partial charge in [0.15, 0.2) is 5.82 Å². The number of carbonyl (C=O) groups excluding carboxylic acids is 1. The van der Waals surface area contributed by atoms with Crippen molar-refractivity contribution < 1.29 is 35.9 Å². The summed E-state index contributed by atoms with van der Waals surface area (Å²) in [6, 6.07) is 1.04. The Bertz CT molecular complexity index is 870. The number of carbonyl (C=O) groups is 1. The van der Waals surface area contributed by atoms with E-state index < -0.39 is 35.0 Å². The maximum absolute atomic E-state index is 13.0. The normalized spacial score (nSPS) is 13.1. The maximum Gasteiger partial charge on any atom is 0.416 e. The van der Waals surface area contributed by atoms with Gasteiger partial charge >= 0.3 is 18.3 Å². The summed E-state index contributed by atoms with van der Waals surface area (Å²) in [7, 11) is 0. The molecule has 0 bridgehead atoms. The van der Waals surface area contributed by atoms with Crippen molar-refractivity contribution in [3.63, 3.8) is 0 Å². The second-order valence-corrected chi connectivity index (χ2v) is 6.57. The molecule has 0 amide bonds. The van der Waals surface area contributed by atoms with E-state index >= 15 is 0 Å². The zero-order chi connectivity index (χ0) is 21.3. The first-order valence-electron chi connectivity index (χ1n) is 7.57. The van der Waals surface area contributed by atoms with Gasteiger partial charge in [-0.1, -0.05) is 0 Å². The van der Waals surface area contributed by atoms with Crippen molar-refractivity contribution in [2.24, 2.45) is 0 Å². The standard InChI is InChI=1S/C16H12BrF6N3O2/c1-8(2)28-13(27)6-12(17)26-7-24-14(25-26)9-3-10(15(18,19)20)5-11(4-9)16(21,22)23/h3-8H,1-2H3/b12-6+. The van der Waals surface area contributed by atoms with Gasteiger partial charge < -0.3 is 4.74 Å². The number of ether oxygens (including phenoxy) is 1. The van der Waals surface area contributed by atoms with Crippen molar-refractivity contribution in [1.82, 2.24) is 14.8 Å². The summed E-state index contributed by atoms with van der Waals surface area (Å²) in [5.74, 6) is -1.11. The lowest BCUT2D eigenvalue weighted by atomic mass is 10.0. The number of nitrogens with zero attached hydrogens (tertiary/aromatic N) is 3. The first-order valence-corrected chi connectivity index (χ1v) is 8.36. The first-order chi connectivity index (χ1) is 12.8. The molecule has 0 radical (unpaired) electrons. The largest absolute Gasteiger partial charge is 0.460 e. The van der Waals surface area contributed by atoms with Crippen LogP contribution in [0.2, 0.25) is 0 Å². The summed E-state index contributed by atoms with van der Waals surface area (Å²) >= 11 is 3.02. The minimum atomic E-state index is -4.99. The van der Waals surface area contributed by atoms with Gasteiger partial charge in [0.05, 0.1) is 23.3 Å². The van der Waals surface area contributed by atoms with Crippen LogP contribution in [-0.4, -0.2) is 26.8 Å². The van der Waals surface area contributed by atoms with Gasteiger partial charge in [-0.05, 0) is 48.0 Å². The molecule has 0 aliphatic heterocycles. The molecule has 12 heteroatoms. The second kappa shape index (κ2) is 7.94. The molecule has 1 aromatic heterocycles. The van der Waals surface area contributed by atoms with E-state index in [4.69, 9.17) is 4.74 Å². The van der Waals surface area contributed by atoms with Crippen molar-refractivity contribution in [3.05, 3.63) is 41.7 Å². The maximum atomic E-state index is 13.0. The van der Waals surface area contributed by atoms with E-state index in [-0.39, 0.29) is 22.6 Å². The van der Waals surface area contributed by atoms with Gasteiger partial charge in [0, 0.05) is 5.56 Å². The van der Waals surface area contributed by atoms with Crippen LogP contribution in [0.5, 0.6) is 0 Å². The summed E-state index contributed by atoms with van der Waals surface area (Å²) in [6.07, 6.45) is -8.35. The predicted octanol–water partition coefficient (Wildman–Crippen LogP) is 5.13. The molecule has 0 atom stereocenters. The fourth-order valence-corrected chi connectivity index (χ4v) is 2.37. The van der Waals surface area contributed by atoms with Crippen LogP contribution in [0.4, 0.5) is 26.3 Å². The van der Waals surface area contributed by atoms with E-state index in [9.17, 15) is 31.1 Å². The molecule has 2 aromatic rings. The lowest BCUT2D eigenvalue weighted by Crippen LogP contribution is -2.11. The highest BCUT2D eigenvalue weighted by molar-refractivity contribution is 9.14. The number of hydrogen-bond donors (Lipinski definition) is 0. The van der Waals surface area contributed by atoms with Crippen LogP contribution in [0.1, 0.15) is 25.0 Å². The quantitative estimate of drug-likeness (QED) is 0.352. The van der Waals surface area contributed by atoms with Gasteiger partial charge in [-0.3, -0.25) is 0 Å². The minimum absolute atomic E-state index is 0.0121. The summed E-state index contributed by atoms with van der Waals surface area (Å²) in [6.45, 7) is 3.25. The molecule has 1 heterocycles. The van der Waals surface area contributed by atoms with Crippen LogP contribution in [0.15, 0.2) is 30.6 Å². The Morgan fingerprint density at radius 2 is 1.64 bits per heavy atom. The summed E-state index contributed by atoms with van der Waals surface area (Å²) < 4.78 is 83.6. The molecule has 0 N–H and O–H groups in total. The Balaban J connectivity index is 2.44. The Morgan fingerprint density at radius 1 is 1.11 bits per heavy atom. The summed E-state index contributed by atoms with van der Waals surface area (Å²) in [4.78, 5) is 15.3. The van der Waals surface area contributed by atoms with Gasteiger partial charge in [-0.2, -0.15) is 26.3 Å². The average molecular weight is 472 g/mol. The molecule has 152 valence electrons. The van der Waals surface area contributed by atoms with E-state index in [0.29, 0.717) is 12.1 Å². The number of alkyl halides is 6. The second-order valence-electron chi connectivity index (χ2n) is 5.76. The lowest BCUT2D eigenvalue weighted by molar-refractivity contribution is -0.143. The van der Waals surface area contributed by atoms with E-state index in [1.54, 1.807) is 13.8 Å². The number of halogens is 7. The molecule has 2 rings (SSSR count). The highest BCUT2D eigenvalue weighted by atomic mass is 79.9. The number of esters is 1. The Morgan fingerprint density at radius 3 is 2.11 bits per heavy atom. The average Bonchev–Trinajstić information content (AvgIpc) is 3.02. The van der Waals surface area contributed by atoms with Gasteiger partial charge in [0.2, 0.25) is 0 Å². The molecular weight excluding hydrogens is 460 g/mol. The van der Waals surface area contributed by atoms with Crippen LogP contribution >= 0.6 is 15.9 Å². The molecular formula is C16H12BrF6N3O2. The smallest absolute Gasteiger partial charge is 0.416 e. The van der Waals surface area contributed by atoms with E-state index in [1.165, 1.54) is 0 Å². The van der Waals surface area contributed by atoms with Gasteiger partial charge in [0.25, 0.3) is 0 Å². The van der Waals surface area contributed by atoms with Crippen molar-refractivity contribution in [3.8, 4) is 11.4 Å². The zero-order valence-electron chi connectivity index (χ0n) is 14.3. The Labute approximate surface area is 163 Å². The Kier molecular flexibility index (Phi) is 6.21. The fraction of sp³-hybridized carbons (Fsp3) is 0.312. The minimum Gasteiger partial charge on any atom is -0.460 e. The molecule has 1 aromatic carbocycles. The molecule has 0 spiro atoms. The van der Waals surface area contributed by atoms with Crippen molar-refractivity contribution >= 4 is 26.5 Å². The van der Waals surface area contributed by atoms with Crippen LogP contribution in [0.25, 0.3) is 16.0 Å². The van der Waals surface area contributed by atoms with E-state index in [1.807, 2.05) is 0 Å². The molecule has 0 unspecified atom stereocenters. The molecule has 0 saturated carbocycles. The third-order valence-corrected chi connectivity index (χ3v) is 3.74. The first kappa shape index (κ1) is 21.9. The zero-order valence-corrected chi connectivity index (χ0v) is 15.9. The molecule has 0 saturated heterocycles. The third kappa shape index (κ3) is 5.57. The van der Waals surface area contributed by atoms with Crippen LogP contribution in [0, 0.1) is 0 Å². The SMILES string of the molecule is CC(C)OC(=O)/C=C(\Br)n1cnc(-c2cc(C(F)(F)F)cc(C(F)(F)F)c2)n1. The monoisotopic (exact) mass is 471 g/mol. The number of rotatable bonds is 4. The third-order valence-electron chi connectivity index (χ3n) is 3.15. The topological polar surface area (TPSA) is 57.0 Å². The van der Waals surface area contributed by atoms with Gasteiger partial charge in [-0.15, -0.1) is 5.10 Å². The summed E-state index contributed by atoms with van der Waals surface area (Å²) in [5.41, 5.74) is -3.45. The van der Waals surface area contributed by atoms with Crippen LogP contribution < -0.4 is 0 Å². The van der Waals surface area contributed by atoms with Crippen molar-refractivity contribution in [2.45, 2.75) is 32.3 Å². The van der Waals surface area contributed by atoms with E-state index in [0.717, 1.165) is 17.1 Å². The fourth-order valence-electron chi connectivity index (χ4n) is 2.01. The van der Waals surface area contributed by atoms with Gasteiger partial charge in [-0.25, -0.2) is 14.5 Å². The van der Waals surface area contributed by atoms with Crippen molar-refractivity contribution in [2.75, 3.05) is 0 Å². The van der Waals surface area contributed by atoms with E-state index in [2.05, 4.69) is 26.0 Å². The van der Waals surface area contributed by atoms with Crippen molar-refractivity contribution in [1.29, 1.82) is 0 Å². The van der Waals surface area contributed by atoms with Crippen LogP contribution in [0.3, 0.4) is 0 Å². The molecule has 5 nitrogen and oxygen atoms in total. The Hall–Kier alpha value is -2.37. The lowest BCUT2D eigenvalue weighted by Gasteiger charge is -2.13. The molecule has 28 heavy (non-hydrogen) atoms. The number of hydrogen-bond acceptors (Lipinski definition) is 4. The highest BCUT2D eigenvalue weighted by Gasteiger charge is 2.37. The van der Waals surface area contributed by atoms with Crippen LogP contribution in [-0.2, 0) is 21.9 Å². The molecule has 0 fully saturated rings.